The molecule has 26 heavy (non-hydrogen) atoms. The topological polar surface area (TPSA) is 180 Å². The van der Waals surface area contributed by atoms with Crippen molar-refractivity contribution in [3.05, 3.63) is 0 Å². The molecule has 3 atom stereocenters. The Balaban J connectivity index is 2.49. The molecule has 7 N–H and O–H groups in total. The van der Waals surface area contributed by atoms with Crippen molar-refractivity contribution < 1.29 is 29.1 Å². The van der Waals surface area contributed by atoms with E-state index in [2.05, 4.69) is 33.9 Å². The van der Waals surface area contributed by atoms with Crippen molar-refractivity contribution in [3.63, 3.8) is 0 Å². The van der Waals surface area contributed by atoms with Gasteiger partial charge in [0.2, 0.25) is 23.6 Å². The summed E-state index contributed by atoms with van der Waals surface area (Å²) in [5.41, 5.74) is 4.93. The van der Waals surface area contributed by atoms with Crippen molar-refractivity contribution in [3.8, 4) is 0 Å². The average molecular weight is 389 g/mol. The highest BCUT2D eigenvalue weighted by Gasteiger charge is 2.27. The minimum atomic E-state index is -1.51. The maximum absolute atomic E-state index is 12.1. The first-order valence-electron chi connectivity index (χ1n) is 7.97. The summed E-state index contributed by atoms with van der Waals surface area (Å²) in [6.07, 6.45) is 0.979. The van der Waals surface area contributed by atoms with Crippen LogP contribution in [0.1, 0.15) is 19.3 Å². The SMILES string of the molecule is NC(=O)CC(NC(=O)C(CS)NC(=O)CNC(=O)C1CCCN1)C(=O)O. The highest BCUT2D eigenvalue weighted by atomic mass is 32.1. The van der Waals surface area contributed by atoms with Gasteiger partial charge in [-0.3, -0.25) is 19.2 Å². The lowest BCUT2D eigenvalue weighted by molar-refractivity contribution is -0.143. The van der Waals surface area contributed by atoms with Crippen molar-refractivity contribution in [2.75, 3.05) is 18.8 Å². The van der Waals surface area contributed by atoms with Crippen LogP contribution in [-0.2, 0) is 24.0 Å². The number of nitrogens with two attached hydrogens (primary N) is 1. The zero-order valence-electron chi connectivity index (χ0n) is 14.0. The molecule has 4 amide bonds. The summed E-state index contributed by atoms with van der Waals surface area (Å²) in [4.78, 5) is 57.6. The number of carbonyl (C=O) groups is 5. The summed E-state index contributed by atoms with van der Waals surface area (Å²) < 4.78 is 0. The van der Waals surface area contributed by atoms with Crippen LogP contribution in [0.25, 0.3) is 0 Å². The lowest BCUT2D eigenvalue weighted by atomic mass is 10.2. The van der Waals surface area contributed by atoms with Crippen molar-refractivity contribution >= 4 is 42.2 Å². The molecule has 1 fully saturated rings. The van der Waals surface area contributed by atoms with E-state index < -0.39 is 42.2 Å². The third-order valence-corrected chi connectivity index (χ3v) is 4.02. The van der Waals surface area contributed by atoms with Gasteiger partial charge in [0.05, 0.1) is 19.0 Å². The molecule has 0 radical (unpaired) electrons. The standard InChI is InChI=1S/C14H23N5O6S/c15-10(20)4-8(14(24)25)19-13(23)9(6-26)18-11(21)5-17-12(22)7-2-1-3-16-7/h7-9,16,26H,1-6H2,(H2,15,20)(H,17,22)(H,18,21)(H,19,23)(H,24,25). The molecule has 0 bridgehead atoms. The molecule has 1 aliphatic rings. The van der Waals surface area contributed by atoms with E-state index in [4.69, 9.17) is 10.8 Å². The van der Waals surface area contributed by atoms with Crippen molar-refractivity contribution in [1.29, 1.82) is 0 Å². The van der Waals surface area contributed by atoms with E-state index in [9.17, 15) is 24.0 Å². The molecule has 12 heteroatoms. The zero-order chi connectivity index (χ0) is 19.7. The van der Waals surface area contributed by atoms with Gasteiger partial charge in [-0.05, 0) is 19.4 Å². The van der Waals surface area contributed by atoms with E-state index in [0.29, 0.717) is 6.42 Å². The van der Waals surface area contributed by atoms with Gasteiger partial charge in [-0.15, -0.1) is 0 Å². The van der Waals surface area contributed by atoms with E-state index >= 15 is 0 Å². The second-order valence-corrected chi connectivity index (χ2v) is 6.10. The molecule has 1 heterocycles. The number of aliphatic carboxylic acids is 1. The van der Waals surface area contributed by atoms with Crippen LogP contribution in [0.5, 0.6) is 0 Å². The van der Waals surface area contributed by atoms with Crippen LogP contribution in [0.4, 0.5) is 0 Å². The number of carboxylic acid groups (broad SMARTS) is 1. The molecule has 0 aromatic carbocycles. The monoisotopic (exact) mass is 389 g/mol. The summed E-state index contributed by atoms with van der Waals surface area (Å²) >= 11 is 3.94. The molecule has 0 spiro atoms. The number of hydrogen-bond acceptors (Lipinski definition) is 7. The number of nitrogens with one attached hydrogen (secondary N) is 4. The Kier molecular flexibility index (Phi) is 8.85. The van der Waals surface area contributed by atoms with E-state index in [0.717, 1.165) is 13.0 Å². The predicted molar refractivity (Wildman–Crippen MR) is 93.2 cm³/mol. The number of thiol groups is 1. The smallest absolute Gasteiger partial charge is 0.326 e. The molecule has 3 unspecified atom stereocenters. The molecule has 1 aliphatic heterocycles. The first-order valence-corrected chi connectivity index (χ1v) is 8.60. The fourth-order valence-corrected chi connectivity index (χ4v) is 2.57. The van der Waals surface area contributed by atoms with Gasteiger partial charge >= 0.3 is 5.97 Å². The van der Waals surface area contributed by atoms with Crippen LogP contribution in [0.15, 0.2) is 0 Å². The van der Waals surface area contributed by atoms with E-state index in [1.807, 2.05) is 0 Å². The van der Waals surface area contributed by atoms with Crippen molar-refractivity contribution in [1.82, 2.24) is 21.3 Å². The van der Waals surface area contributed by atoms with Gasteiger partial charge in [0.1, 0.15) is 12.1 Å². The third kappa shape index (κ3) is 7.27. The van der Waals surface area contributed by atoms with Gasteiger partial charge in [-0.25, -0.2) is 4.79 Å². The van der Waals surface area contributed by atoms with E-state index in [1.165, 1.54) is 0 Å². The Morgan fingerprint density at radius 1 is 1.19 bits per heavy atom. The van der Waals surface area contributed by atoms with Crippen LogP contribution >= 0.6 is 12.6 Å². The fourth-order valence-electron chi connectivity index (χ4n) is 2.31. The number of amides is 4. The predicted octanol–water partition coefficient (Wildman–Crippen LogP) is -3.29. The minimum absolute atomic E-state index is 0.112. The Labute approximate surface area is 155 Å². The number of primary amides is 1. The van der Waals surface area contributed by atoms with Crippen LogP contribution in [0.3, 0.4) is 0 Å². The summed E-state index contributed by atoms with van der Waals surface area (Å²) in [5, 5.41) is 18.9. The molecule has 1 saturated heterocycles. The van der Waals surface area contributed by atoms with E-state index in [1.54, 1.807) is 0 Å². The lowest BCUT2D eigenvalue weighted by Crippen LogP contribution is -2.55. The first kappa shape index (κ1) is 21.7. The van der Waals surface area contributed by atoms with Gasteiger partial charge in [0, 0.05) is 5.75 Å². The van der Waals surface area contributed by atoms with Crippen LogP contribution in [0.2, 0.25) is 0 Å². The summed E-state index contributed by atoms with van der Waals surface area (Å²) in [6, 6.07) is -2.98. The number of carboxylic acids is 1. The summed E-state index contributed by atoms with van der Waals surface area (Å²) in [6.45, 7) is 0.403. The molecule has 0 aromatic heterocycles. The normalized spacial score (nSPS) is 18.4. The Hall–Kier alpha value is -2.34. The van der Waals surface area contributed by atoms with Gasteiger partial charge in [0.25, 0.3) is 0 Å². The summed E-state index contributed by atoms with van der Waals surface area (Å²) in [7, 11) is 0. The van der Waals surface area contributed by atoms with Gasteiger partial charge in [-0.1, -0.05) is 0 Å². The largest absolute Gasteiger partial charge is 0.480 e. The quantitative estimate of drug-likeness (QED) is 0.191. The van der Waals surface area contributed by atoms with Gasteiger partial charge < -0.3 is 32.1 Å². The van der Waals surface area contributed by atoms with E-state index in [-0.39, 0.29) is 24.2 Å². The molecule has 146 valence electrons. The molecule has 0 aliphatic carbocycles. The molecular formula is C14H23N5O6S. The Morgan fingerprint density at radius 2 is 1.88 bits per heavy atom. The molecular weight excluding hydrogens is 366 g/mol. The average Bonchev–Trinajstić information content (AvgIpc) is 3.10. The first-order chi connectivity index (χ1) is 12.2. The number of hydrogen-bond donors (Lipinski definition) is 7. The third-order valence-electron chi connectivity index (χ3n) is 3.65. The van der Waals surface area contributed by atoms with Crippen molar-refractivity contribution in [2.45, 2.75) is 37.4 Å². The van der Waals surface area contributed by atoms with Gasteiger partial charge in [0.15, 0.2) is 0 Å². The molecule has 0 saturated carbocycles. The second-order valence-electron chi connectivity index (χ2n) is 5.74. The number of carbonyl (C=O) groups excluding carboxylic acids is 4. The second kappa shape index (κ2) is 10.6. The zero-order valence-corrected chi connectivity index (χ0v) is 14.9. The maximum atomic E-state index is 12.1. The maximum Gasteiger partial charge on any atom is 0.326 e. The Morgan fingerprint density at radius 3 is 2.38 bits per heavy atom. The lowest BCUT2D eigenvalue weighted by Gasteiger charge is -2.20. The number of rotatable bonds is 10. The van der Waals surface area contributed by atoms with Crippen molar-refractivity contribution in [2.24, 2.45) is 5.73 Å². The van der Waals surface area contributed by atoms with Crippen LogP contribution in [0, 0.1) is 0 Å². The minimum Gasteiger partial charge on any atom is -0.480 e. The van der Waals surface area contributed by atoms with Gasteiger partial charge in [-0.2, -0.15) is 12.6 Å². The van der Waals surface area contributed by atoms with Crippen LogP contribution in [-0.4, -0.2) is 71.7 Å². The summed E-state index contributed by atoms with van der Waals surface area (Å²) in [5.74, 6) is -4.21. The Bertz CT molecular complexity index is 566. The molecule has 1 rings (SSSR count). The fraction of sp³-hybridized carbons (Fsp3) is 0.643. The molecule has 0 aromatic rings. The highest BCUT2D eigenvalue weighted by molar-refractivity contribution is 7.80. The highest BCUT2D eigenvalue weighted by Crippen LogP contribution is 2.04. The molecule has 11 nitrogen and oxygen atoms in total. The van der Waals surface area contributed by atoms with Crippen LogP contribution < -0.4 is 27.0 Å².